The lowest BCUT2D eigenvalue weighted by Gasteiger charge is -2.20. The van der Waals surface area contributed by atoms with E-state index in [9.17, 15) is 10.1 Å². The average molecular weight is 270 g/mol. The minimum atomic E-state index is -0.872. The maximum atomic E-state index is 10.5. The van der Waals surface area contributed by atoms with Crippen LogP contribution in [0.5, 0.6) is 0 Å². The van der Waals surface area contributed by atoms with Crippen LogP contribution >= 0.6 is 11.6 Å². The summed E-state index contributed by atoms with van der Waals surface area (Å²) in [6.07, 6.45) is 3.51. The second-order valence-corrected chi connectivity index (χ2v) is 4.09. The summed E-state index contributed by atoms with van der Waals surface area (Å²) >= 11 is 5.81. The van der Waals surface area contributed by atoms with Crippen molar-refractivity contribution in [1.29, 1.82) is 0 Å². The average Bonchev–Trinajstić information content (AvgIpc) is 2.86. The first-order valence-corrected chi connectivity index (χ1v) is 5.96. The Morgan fingerprint density at radius 1 is 1.33 bits per heavy atom. The van der Waals surface area contributed by atoms with Gasteiger partial charge in [-0.1, -0.05) is 6.08 Å². The lowest BCUT2D eigenvalue weighted by atomic mass is 10.1. The zero-order valence-electron chi connectivity index (χ0n) is 9.54. The van der Waals surface area contributed by atoms with Crippen molar-refractivity contribution in [3.05, 3.63) is 46.0 Å². The molecule has 0 radical (unpaired) electrons. The summed E-state index contributed by atoms with van der Waals surface area (Å²) in [4.78, 5) is 10.1. The van der Waals surface area contributed by atoms with E-state index in [1.807, 2.05) is 0 Å². The molecule has 1 saturated heterocycles. The summed E-state index contributed by atoms with van der Waals surface area (Å²) < 4.78 is 10.8. The molecule has 5 nitrogen and oxygen atoms in total. The zero-order chi connectivity index (χ0) is 13.0. The Morgan fingerprint density at radius 3 is 2.44 bits per heavy atom. The van der Waals surface area contributed by atoms with Gasteiger partial charge in [0.25, 0.3) is 5.69 Å². The predicted molar refractivity (Wildman–Crippen MR) is 67.5 cm³/mol. The molecule has 0 N–H and O–H groups in total. The highest BCUT2D eigenvalue weighted by Crippen LogP contribution is 2.24. The molecular formula is C12H12ClNO4. The predicted octanol–water partition coefficient (Wildman–Crippen LogP) is 2.59. The second kappa shape index (κ2) is 5.48. The van der Waals surface area contributed by atoms with Crippen LogP contribution in [0.4, 0.5) is 5.69 Å². The van der Waals surface area contributed by atoms with E-state index in [-0.39, 0.29) is 11.6 Å². The minimum absolute atomic E-state index is 0.0626. The Kier molecular flexibility index (Phi) is 3.96. The van der Waals surface area contributed by atoms with Gasteiger partial charge >= 0.3 is 0 Å². The van der Waals surface area contributed by atoms with Crippen molar-refractivity contribution in [1.82, 2.24) is 0 Å². The van der Waals surface area contributed by atoms with E-state index in [1.54, 1.807) is 24.3 Å². The molecule has 18 heavy (non-hydrogen) atoms. The molecule has 0 aliphatic carbocycles. The Bertz CT molecular complexity index is 452. The van der Waals surface area contributed by atoms with Gasteiger partial charge in [0.15, 0.2) is 0 Å². The second-order valence-electron chi connectivity index (χ2n) is 3.82. The zero-order valence-corrected chi connectivity index (χ0v) is 10.3. The summed E-state index contributed by atoms with van der Waals surface area (Å²) in [7, 11) is 0. The molecule has 0 bridgehead atoms. The van der Waals surface area contributed by atoms with Crippen molar-refractivity contribution < 1.29 is 14.4 Å². The van der Waals surface area contributed by atoms with Crippen molar-refractivity contribution in [3.8, 4) is 0 Å². The van der Waals surface area contributed by atoms with E-state index in [2.05, 4.69) is 0 Å². The van der Waals surface area contributed by atoms with Gasteiger partial charge in [0.2, 0.25) is 5.79 Å². The number of nitro groups is 1. The first-order valence-electron chi connectivity index (χ1n) is 5.43. The molecule has 0 amide bonds. The third-order valence-corrected chi connectivity index (χ3v) is 2.97. The lowest BCUT2D eigenvalue weighted by Crippen LogP contribution is -2.29. The van der Waals surface area contributed by atoms with Crippen LogP contribution in [-0.2, 0) is 9.47 Å². The molecule has 1 aromatic rings. The van der Waals surface area contributed by atoms with Crippen LogP contribution in [0.3, 0.4) is 0 Å². The van der Waals surface area contributed by atoms with E-state index in [0.717, 1.165) is 5.56 Å². The number of halogens is 1. The number of rotatable bonds is 4. The topological polar surface area (TPSA) is 61.6 Å². The lowest BCUT2D eigenvalue weighted by molar-refractivity contribution is -0.384. The maximum absolute atomic E-state index is 10.5. The summed E-state index contributed by atoms with van der Waals surface area (Å²) in [6, 6.07) is 6.21. The van der Waals surface area contributed by atoms with Gasteiger partial charge in [-0.15, -0.1) is 11.6 Å². The van der Waals surface area contributed by atoms with E-state index < -0.39 is 10.7 Å². The summed E-state index contributed by atoms with van der Waals surface area (Å²) in [5, 5.41) is 10.5. The number of nitrogens with zero attached hydrogens (tertiary/aromatic N) is 1. The fraction of sp³-hybridized carbons (Fsp3) is 0.333. The van der Waals surface area contributed by atoms with Crippen molar-refractivity contribution in [2.24, 2.45) is 0 Å². The van der Waals surface area contributed by atoms with Gasteiger partial charge in [-0.25, -0.2) is 0 Å². The number of hydrogen-bond donors (Lipinski definition) is 0. The third kappa shape index (κ3) is 2.87. The number of benzene rings is 1. The fourth-order valence-electron chi connectivity index (χ4n) is 1.62. The molecular weight excluding hydrogens is 258 g/mol. The summed E-state index contributed by atoms with van der Waals surface area (Å²) in [5.74, 6) is -0.667. The Hall–Kier alpha value is -1.43. The van der Waals surface area contributed by atoms with Gasteiger partial charge in [0.1, 0.15) is 0 Å². The molecule has 1 aromatic carbocycles. The number of hydrogen-bond acceptors (Lipinski definition) is 4. The van der Waals surface area contributed by atoms with Gasteiger partial charge in [-0.2, -0.15) is 0 Å². The highest BCUT2D eigenvalue weighted by molar-refractivity contribution is 6.18. The molecule has 0 spiro atoms. The van der Waals surface area contributed by atoms with Crippen LogP contribution in [0, 0.1) is 10.1 Å². The van der Waals surface area contributed by atoms with Crippen LogP contribution in [0.15, 0.2) is 30.3 Å². The molecule has 96 valence electrons. The SMILES string of the molecule is O=[N+]([O-])c1ccc(C=CC2(CCl)OCCO2)cc1. The number of non-ortho nitro benzene ring substituents is 1. The standard InChI is InChI=1S/C12H12ClNO4/c13-9-12(17-7-8-18-12)6-5-10-1-3-11(4-2-10)14(15)16/h1-6H,7-9H2. The number of nitro benzene ring substituents is 1. The molecule has 1 aliphatic heterocycles. The molecule has 1 heterocycles. The highest BCUT2D eigenvalue weighted by atomic mass is 35.5. The van der Waals surface area contributed by atoms with Crippen LogP contribution < -0.4 is 0 Å². The Morgan fingerprint density at radius 2 is 1.94 bits per heavy atom. The van der Waals surface area contributed by atoms with Crippen molar-refractivity contribution >= 4 is 23.4 Å². The van der Waals surface area contributed by atoms with Gasteiger partial charge in [-0.3, -0.25) is 10.1 Å². The molecule has 0 aromatic heterocycles. The molecule has 0 saturated carbocycles. The fourth-order valence-corrected chi connectivity index (χ4v) is 1.86. The Balaban J connectivity index is 2.10. The van der Waals surface area contributed by atoms with E-state index in [1.165, 1.54) is 12.1 Å². The van der Waals surface area contributed by atoms with E-state index in [0.29, 0.717) is 13.2 Å². The van der Waals surface area contributed by atoms with E-state index >= 15 is 0 Å². The smallest absolute Gasteiger partial charge is 0.269 e. The van der Waals surface area contributed by atoms with E-state index in [4.69, 9.17) is 21.1 Å². The number of alkyl halides is 1. The van der Waals surface area contributed by atoms with Crippen LogP contribution in [0.25, 0.3) is 6.08 Å². The maximum Gasteiger partial charge on any atom is 0.269 e. The van der Waals surface area contributed by atoms with Crippen molar-refractivity contribution in [3.63, 3.8) is 0 Å². The summed E-state index contributed by atoms with van der Waals surface area (Å²) in [6.45, 7) is 1.02. The van der Waals surface area contributed by atoms with Crippen LogP contribution in [0.1, 0.15) is 5.56 Å². The molecule has 0 unspecified atom stereocenters. The largest absolute Gasteiger partial charge is 0.343 e. The number of ether oxygens (including phenoxy) is 2. The quantitative estimate of drug-likeness (QED) is 0.479. The monoisotopic (exact) mass is 269 g/mol. The Labute approximate surface area is 109 Å². The molecule has 1 aliphatic rings. The van der Waals surface area contributed by atoms with Gasteiger partial charge in [0.05, 0.1) is 24.0 Å². The summed E-state index contributed by atoms with van der Waals surface area (Å²) in [5.41, 5.74) is 0.886. The molecule has 0 atom stereocenters. The van der Waals surface area contributed by atoms with Crippen molar-refractivity contribution in [2.45, 2.75) is 5.79 Å². The van der Waals surface area contributed by atoms with Crippen molar-refractivity contribution in [2.75, 3.05) is 19.1 Å². The van der Waals surface area contributed by atoms with Gasteiger partial charge in [-0.05, 0) is 23.8 Å². The first kappa shape index (κ1) is 13.0. The molecule has 1 fully saturated rings. The van der Waals surface area contributed by atoms with Gasteiger partial charge in [0, 0.05) is 12.1 Å². The third-order valence-electron chi connectivity index (χ3n) is 2.60. The van der Waals surface area contributed by atoms with Crippen LogP contribution in [-0.4, -0.2) is 29.8 Å². The van der Waals surface area contributed by atoms with Gasteiger partial charge < -0.3 is 9.47 Å². The molecule has 6 heteroatoms. The first-order chi connectivity index (χ1) is 8.65. The highest BCUT2D eigenvalue weighted by Gasteiger charge is 2.32. The molecule has 2 rings (SSSR count). The van der Waals surface area contributed by atoms with Crippen LogP contribution in [0.2, 0.25) is 0 Å². The minimum Gasteiger partial charge on any atom is -0.343 e. The normalized spacial score (nSPS) is 18.3.